The Morgan fingerprint density at radius 3 is 2.63 bits per heavy atom. The zero-order valence-corrected chi connectivity index (χ0v) is 19.6. The number of carbonyl (C=O) groups excluding carboxylic acids is 1. The van der Waals surface area contributed by atoms with Crippen molar-refractivity contribution in [1.82, 2.24) is 14.9 Å². The molecule has 1 aliphatic rings. The second kappa shape index (κ2) is 9.70. The molecule has 6 nitrogen and oxygen atoms in total. The van der Waals surface area contributed by atoms with Gasteiger partial charge in [-0.25, -0.2) is 4.39 Å². The Morgan fingerprint density at radius 2 is 1.83 bits per heavy atom. The molecular weight excluding hydrogens is 445 g/mol. The molecule has 0 aliphatic carbocycles. The summed E-state index contributed by atoms with van der Waals surface area (Å²) in [6, 6.07) is 18.2. The van der Waals surface area contributed by atoms with E-state index in [1.54, 1.807) is 23.4 Å². The van der Waals surface area contributed by atoms with Crippen molar-refractivity contribution >= 4 is 16.7 Å². The fraction of sp³-hybridized carbons (Fsp3) is 0.250. The number of hydrogen-bond acceptors (Lipinski definition) is 5. The zero-order valence-electron chi connectivity index (χ0n) is 19.6. The smallest absolute Gasteiger partial charge is 0.316 e. The van der Waals surface area contributed by atoms with Crippen molar-refractivity contribution in [3.63, 3.8) is 0 Å². The van der Waals surface area contributed by atoms with Crippen LogP contribution in [0.2, 0.25) is 0 Å². The molecule has 5 rings (SSSR count). The van der Waals surface area contributed by atoms with Crippen LogP contribution in [-0.4, -0.2) is 39.5 Å². The highest BCUT2D eigenvalue weighted by Crippen LogP contribution is 2.28. The molecule has 0 saturated carbocycles. The van der Waals surface area contributed by atoms with E-state index in [1.807, 2.05) is 56.3 Å². The number of halogens is 1. The van der Waals surface area contributed by atoms with Gasteiger partial charge in [-0.1, -0.05) is 42.5 Å². The lowest BCUT2D eigenvalue weighted by Gasteiger charge is -2.37. The first-order valence-electron chi connectivity index (χ1n) is 11.7. The number of carbonyl (C=O) groups is 1. The predicted molar refractivity (Wildman–Crippen MR) is 131 cm³/mol. The van der Waals surface area contributed by atoms with Crippen LogP contribution >= 0.6 is 0 Å². The normalized spacial score (nSPS) is 15.2. The molecule has 35 heavy (non-hydrogen) atoms. The maximum absolute atomic E-state index is 14.0. The molecule has 0 saturated heterocycles. The van der Waals surface area contributed by atoms with Crippen molar-refractivity contribution in [1.29, 1.82) is 0 Å². The Balaban J connectivity index is 1.42. The van der Waals surface area contributed by atoms with Gasteiger partial charge in [0.1, 0.15) is 12.4 Å². The third kappa shape index (κ3) is 4.94. The average molecular weight is 472 g/mol. The summed E-state index contributed by atoms with van der Waals surface area (Å²) in [4.78, 5) is 24.1. The van der Waals surface area contributed by atoms with Crippen molar-refractivity contribution in [2.45, 2.75) is 39.0 Å². The van der Waals surface area contributed by atoms with Gasteiger partial charge in [-0.15, -0.1) is 0 Å². The SMILES string of the molecule is CC(C)Oc1cnc(OC[C@@H]2Cc3cc(F)ccc3CN2C(=O)c2cccc3ccccc23)nc1. The molecule has 1 aliphatic heterocycles. The van der Waals surface area contributed by atoms with E-state index in [0.29, 0.717) is 24.3 Å². The van der Waals surface area contributed by atoms with Gasteiger partial charge in [-0.3, -0.25) is 4.79 Å². The second-order valence-electron chi connectivity index (χ2n) is 8.91. The molecule has 7 heteroatoms. The maximum Gasteiger partial charge on any atom is 0.316 e. The van der Waals surface area contributed by atoms with Crippen LogP contribution in [0, 0.1) is 5.82 Å². The minimum atomic E-state index is -0.314. The Bertz CT molecular complexity index is 1350. The molecule has 0 fully saturated rings. The lowest BCUT2D eigenvalue weighted by Crippen LogP contribution is -2.47. The Hall–Kier alpha value is -4.00. The van der Waals surface area contributed by atoms with Crippen LogP contribution in [0.4, 0.5) is 4.39 Å². The van der Waals surface area contributed by atoms with Crippen LogP contribution in [0.1, 0.15) is 35.3 Å². The Kier molecular flexibility index (Phi) is 6.31. The number of aromatic nitrogens is 2. The highest BCUT2D eigenvalue weighted by Gasteiger charge is 2.32. The van der Waals surface area contributed by atoms with E-state index in [4.69, 9.17) is 9.47 Å². The number of benzene rings is 3. The van der Waals surface area contributed by atoms with Crippen LogP contribution in [0.5, 0.6) is 11.8 Å². The lowest BCUT2D eigenvalue weighted by atomic mass is 9.93. The van der Waals surface area contributed by atoms with Gasteiger partial charge in [0.15, 0.2) is 5.75 Å². The minimum absolute atomic E-state index is 0.0155. The quantitative estimate of drug-likeness (QED) is 0.387. The van der Waals surface area contributed by atoms with E-state index in [1.165, 1.54) is 12.1 Å². The van der Waals surface area contributed by atoms with E-state index in [2.05, 4.69) is 9.97 Å². The van der Waals surface area contributed by atoms with Gasteiger partial charge < -0.3 is 14.4 Å². The summed E-state index contributed by atoms with van der Waals surface area (Å²) in [6.07, 6.45) is 3.61. The molecular formula is C28H26FN3O3. The summed E-state index contributed by atoms with van der Waals surface area (Å²) in [5.74, 6) is 0.176. The Morgan fingerprint density at radius 1 is 1.06 bits per heavy atom. The maximum atomic E-state index is 14.0. The summed E-state index contributed by atoms with van der Waals surface area (Å²) >= 11 is 0. The first kappa shape index (κ1) is 22.8. The van der Waals surface area contributed by atoms with Crippen molar-refractivity contribution in [3.05, 3.63) is 95.6 Å². The van der Waals surface area contributed by atoms with Gasteiger partial charge in [-0.05, 0) is 60.4 Å². The average Bonchev–Trinajstić information content (AvgIpc) is 2.86. The highest BCUT2D eigenvalue weighted by molar-refractivity contribution is 6.07. The largest absolute Gasteiger partial charge is 0.488 e. The highest BCUT2D eigenvalue weighted by atomic mass is 19.1. The molecule has 0 N–H and O–H groups in total. The molecule has 178 valence electrons. The van der Waals surface area contributed by atoms with Gasteiger partial charge >= 0.3 is 6.01 Å². The van der Waals surface area contributed by atoms with Crippen LogP contribution in [0.25, 0.3) is 10.8 Å². The van der Waals surface area contributed by atoms with Gasteiger partial charge in [0, 0.05) is 12.1 Å². The molecule has 0 spiro atoms. The minimum Gasteiger partial charge on any atom is -0.488 e. The molecule has 0 unspecified atom stereocenters. The molecule has 3 aromatic carbocycles. The summed E-state index contributed by atoms with van der Waals surface area (Å²) in [5.41, 5.74) is 2.44. The van der Waals surface area contributed by atoms with Gasteiger partial charge in [0.05, 0.1) is 24.5 Å². The fourth-order valence-electron chi connectivity index (χ4n) is 4.45. The van der Waals surface area contributed by atoms with Crippen molar-refractivity contribution in [2.24, 2.45) is 0 Å². The summed E-state index contributed by atoms with van der Waals surface area (Å²) in [7, 11) is 0. The summed E-state index contributed by atoms with van der Waals surface area (Å²) in [6.45, 7) is 4.40. The predicted octanol–water partition coefficient (Wildman–Crippen LogP) is 5.20. The van der Waals surface area contributed by atoms with Gasteiger partial charge in [0.2, 0.25) is 0 Å². The standard InChI is InChI=1S/C28H26FN3O3/c1-18(2)35-24-14-30-28(31-15-24)34-17-23-13-21-12-22(29)11-10-20(21)16-32(23)27(33)26-9-5-7-19-6-3-4-8-25(19)26/h3-12,14-15,18,23H,13,16-17H2,1-2H3/t23-/m0/s1. The number of nitrogens with zero attached hydrogens (tertiary/aromatic N) is 3. The van der Waals surface area contributed by atoms with Crippen molar-refractivity contribution in [2.75, 3.05) is 6.61 Å². The lowest BCUT2D eigenvalue weighted by molar-refractivity contribution is 0.0560. The van der Waals surface area contributed by atoms with E-state index in [0.717, 1.165) is 21.9 Å². The zero-order chi connectivity index (χ0) is 24.4. The molecule has 0 bridgehead atoms. The molecule has 4 aromatic rings. The molecule has 2 heterocycles. The fourth-order valence-corrected chi connectivity index (χ4v) is 4.45. The van der Waals surface area contributed by atoms with Crippen molar-refractivity contribution < 1.29 is 18.7 Å². The van der Waals surface area contributed by atoms with E-state index >= 15 is 0 Å². The van der Waals surface area contributed by atoms with E-state index in [-0.39, 0.29) is 36.5 Å². The Labute approximate surface area is 203 Å². The van der Waals surface area contributed by atoms with Crippen LogP contribution in [0.15, 0.2) is 73.1 Å². The van der Waals surface area contributed by atoms with Crippen LogP contribution < -0.4 is 9.47 Å². The molecule has 0 radical (unpaired) electrons. The van der Waals surface area contributed by atoms with Crippen LogP contribution in [-0.2, 0) is 13.0 Å². The molecule has 1 aromatic heterocycles. The van der Waals surface area contributed by atoms with Crippen LogP contribution in [0.3, 0.4) is 0 Å². The van der Waals surface area contributed by atoms with E-state index in [9.17, 15) is 9.18 Å². The number of hydrogen-bond donors (Lipinski definition) is 0. The second-order valence-corrected chi connectivity index (χ2v) is 8.91. The number of fused-ring (bicyclic) bond motifs is 2. The monoisotopic (exact) mass is 471 g/mol. The van der Waals surface area contributed by atoms with Crippen molar-refractivity contribution in [3.8, 4) is 11.8 Å². The van der Waals surface area contributed by atoms with Gasteiger partial charge in [0.25, 0.3) is 5.91 Å². The third-order valence-corrected chi connectivity index (χ3v) is 6.07. The van der Waals surface area contributed by atoms with E-state index < -0.39 is 0 Å². The number of amides is 1. The number of ether oxygens (including phenoxy) is 2. The first-order valence-corrected chi connectivity index (χ1v) is 11.7. The molecule has 1 atom stereocenters. The topological polar surface area (TPSA) is 64.6 Å². The number of rotatable bonds is 6. The first-order chi connectivity index (χ1) is 17.0. The third-order valence-electron chi connectivity index (χ3n) is 6.07. The van der Waals surface area contributed by atoms with Gasteiger partial charge in [-0.2, -0.15) is 9.97 Å². The molecule has 1 amide bonds. The summed E-state index contributed by atoms with van der Waals surface area (Å²) < 4.78 is 25.4. The summed E-state index contributed by atoms with van der Waals surface area (Å²) in [5, 5.41) is 1.90.